The summed E-state index contributed by atoms with van der Waals surface area (Å²) >= 11 is 7.68. The van der Waals surface area contributed by atoms with Gasteiger partial charge in [-0.15, -0.1) is 0 Å². The lowest BCUT2D eigenvalue weighted by Gasteiger charge is -2.36. The number of hydrogen-bond acceptors (Lipinski definition) is 7. The molecule has 0 saturated heterocycles. The van der Waals surface area contributed by atoms with Gasteiger partial charge >= 0.3 is 5.97 Å². The first-order valence-electron chi connectivity index (χ1n) is 10.1. The number of halogens is 1. The predicted molar refractivity (Wildman–Crippen MR) is 130 cm³/mol. The van der Waals surface area contributed by atoms with Crippen LogP contribution < -0.4 is 10.1 Å². The van der Waals surface area contributed by atoms with Gasteiger partial charge in [-0.2, -0.15) is 0 Å². The van der Waals surface area contributed by atoms with Gasteiger partial charge in [0.2, 0.25) is 5.91 Å². The zero-order chi connectivity index (χ0) is 23.5. The van der Waals surface area contributed by atoms with Gasteiger partial charge in [0, 0.05) is 22.5 Å². The maximum atomic E-state index is 12.9. The molecule has 1 amide bonds. The number of allylic oxidation sites excluding steroid dienone is 1. The molecule has 9 heteroatoms. The molecule has 1 atom stereocenters. The van der Waals surface area contributed by atoms with E-state index in [9.17, 15) is 9.59 Å². The standard InChI is InChI=1S/C24H22ClN3O4S/c1-14-21(23(30)32-3)22(15-6-4-7-16(25)10-15)28-18(13-33-24(28)26-14)12-20(29)27-17-8-5-9-19(11-17)31-2/h4-11,13,22H,12H2,1-3H3,(H,27,29). The van der Waals surface area contributed by atoms with E-state index in [0.29, 0.717) is 32.9 Å². The lowest BCUT2D eigenvalue weighted by atomic mass is 9.94. The zero-order valence-corrected chi connectivity index (χ0v) is 19.9. The van der Waals surface area contributed by atoms with Gasteiger partial charge in [0.1, 0.15) is 5.75 Å². The van der Waals surface area contributed by atoms with Crippen LogP contribution in [0.1, 0.15) is 24.9 Å². The topological polar surface area (TPSA) is 80.2 Å². The van der Waals surface area contributed by atoms with Crippen LogP contribution in [0.4, 0.5) is 5.69 Å². The summed E-state index contributed by atoms with van der Waals surface area (Å²) in [7, 11) is 2.91. The molecule has 0 spiro atoms. The van der Waals surface area contributed by atoms with Crippen molar-refractivity contribution in [3.05, 3.63) is 81.5 Å². The number of carbonyl (C=O) groups excluding carboxylic acids is 2. The average Bonchev–Trinajstić information content (AvgIpc) is 3.19. The van der Waals surface area contributed by atoms with E-state index < -0.39 is 12.0 Å². The third-order valence-electron chi connectivity index (χ3n) is 5.27. The van der Waals surface area contributed by atoms with E-state index in [1.54, 1.807) is 44.4 Å². The summed E-state index contributed by atoms with van der Waals surface area (Å²) in [6.07, 6.45) is 0.0911. The van der Waals surface area contributed by atoms with E-state index in [4.69, 9.17) is 21.1 Å². The Hall–Kier alpha value is -3.23. The summed E-state index contributed by atoms with van der Waals surface area (Å²) in [6, 6.07) is 13.9. The monoisotopic (exact) mass is 483 g/mol. The third kappa shape index (κ3) is 4.77. The normalized spacial score (nSPS) is 17.2. The fourth-order valence-electron chi connectivity index (χ4n) is 3.80. The Bertz CT molecular complexity index is 1210. The maximum Gasteiger partial charge on any atom is 0.338 e. The van der Waals surface area contributed by atoms with Gasteiger partial charge in [0.25, 0.3) is 0 Å². The van der Waals surface area contributed by atoms with Crippen LogP contribution in [0.25, 0.3) is 0 Å². The molecule has 4 rings (SSSR count). The molecule has 0 saturated carbocycles. The number of amidine groups is 1. The summed E-state index contributed by atoms with van der Waals surface area (Å²) in [5.74, 6) is -0.0253. The average molecular weight is 484 g/mol. The smallest absolute Gasteiger partial charge is 0.338 e. The number of methoxy groups -OCH3 is 2. The second-order valence-corrected chi connectivity index (χ2v) is 8.67. The fraction of sp³-hybridized carbons (Fsp3) is 0.208. The summed E-state index contributed by atoms with van der Waals surface area (Å²) in [5, 5.41) is 6.02. The summed E-state index contributed by atoms with van der Waals surface area (Å²) < 4.78 is 10.3. The molecule has 1 N–H and O–H groups in total. The Kier molecular flexibility index (Phi) is 6.76. The Morgan fingerprint density at radius 2 is 1.97 bits per heavy atom. The van der Waals surface area contributed by atoms with Crippen molar-refractivity contribution in [1.82, 2.24) is 4.90 Å². The first kappa shape index (κ1) is 22.9. The number of carbonyl (C=O) groups is 2. The lowest BCUT2D eigenvalue weighted by molar-refractivity contribution is -0.136. The van der Waals surface area contributed by atoms with Crippen molar-refractivity contribution < 1.29 is 19.1 Å². The number of anilines is 1. The molecule has 170 valence electrons. The largest absolute Gasteiger partial charge is 0.497 e. The molecule has 1 unspecified atom stereocenters. The number of amides is 1. The third-order valence-corrected chi connectivity index (χ3v) is 6.39. The highest BCUT2D eigenvalue weighted by Crippen LogP contribution is 2.45. The maximum absolute atomic E-state index is 12.9. The van der Waals surface area contributed by atoms with Crippen LogP contribution in [-0.4, -0.2) is 36.2 Å². The minimum absolute atomic E-state index is 0.0911. The highest BCUT2D eigenvalue weighted by Gasteiger charge is 2.41. The van der Waals surface area contributed by atoms with Crippen LogP contribution in [0, 0.1) is 0 Å². The van der Waals surface area contributed by atoms with Gasteiger partial charge in [-0.3, -0.25) is 4.79 Å². The number of esters is 1. The van der Waals surface area contributed by atoms with Gasteiger partial charge in [-0.05, 0) is 42.2 Å². The number of hydrogen-bond donors (Lipinski definition) is 1. The van der Waals surface area contributed by atoms with E-state index in [-0.39, 0.29) is 12.3 Å². The first-order chi connectivity index (χ1) is 15.9. The molecular formula is C24H22ClN3O4S. The van der Waals surface area contributed by atoms with Crippen LogP contribution in [0.2, 0.25) is 5.02 Å². The number of thioether (sulfide) groups is 1. The number of aliphatic imine (C=N–C) groups is 1. The molecule has 2 aromatic carbocycles. The van der Waals surface area contributed by atoms with Crippen molar-refractivity contribution in [3.63, 3.8) is 0 Å². The van der Waals surface area contributed by atoms with Crippen molar-refractivity contribution in [2.24, 2.45) is 4.99 Å². The quantitative estimate of drug-likeness (QED) is 0.574. The van der Waals surface area contributed by atoms with Crippen LogP contribution in [0.15, 0.2) is 75.9 Å². The molecule has 0 radical (unpaired) electrons. The summed E-state index contributed by atoms with van der Waals surface area (Å²) in [6.45, 7) is 1.78. The number of nitrogens with one attached hydrogen (secondary N) is 1. The summed E-state index contributed by atoms with van der Waals surface area (Å²) in [4.78, 5) is 32.1. The fourth-order valence-corrected chi connectivity index (χ4v) is 4.97. The number of benzene rings is 2. The van der Waals surface area contributed by atoms with Crippen LogP contribution in [0.3, 0.4) is 0 Å². The molecule has 2 heterocycles. The second kappa shape index (κ2) is 9.72. The van der Waals surface area contributed by atoms with E-state index in [1.807, 2.05) is 28.5 Å². The Balaban J connectivity index is 1.65. The number of nitrogens with zero attached hydrogens (tertiary/aromatic N) is 2. The van der Waals surface area contributed by atoms with Crippen molar-refractivity contribution in [1.29, 1.82) is 0 Å². The highest BCUT2D eigenvalue weighted by molar-refractivity contribution is 8.16. The van der Waals surface area contributed by atoms with Gasteiger partial charge in [-0.1, -0.05) is 41.6 Å². The van der Waals surface area contributed by atoms with E-state index in [0.717, 1.165) is 11.3 Å². The minimum atomic E-state index is -0.519. The molecule has 33 heavy (non-hydrogen) atoms. The molecule has 2 aliphatic rings. The molecule has 0 bridgehead atoms. The van der Waals surface area contributed by atoms with Gasteiger partial charge in [0.15, 0.2) is 5.17 Å². The Labute approximate surface area is 201 Å². The molecule has 0 aromatic heterocycles. The molecule has 0 aliphatic carbocycles. The van der Waals surface area contributed by atoms with Gasteiger partial charge < -0.3 is 19.7 Å². The Morgan fingerprint density at radius 3 is 2.70 bits per heavy atom. The summed E-state index contributed by atoms with van der Waals surface area (Å²) in [5.41, 5.74) is 3.14. The van der Waals surface area contributed by atoms with Crippen molar-refractivity contribution in [2.75, 3.05) is 19.5 Å². The van der Waals surface area contributed by atoms with Crippen molar-refractivity contribution in [2.45, 2.75) is 19.4 Å². The van der Waals surface area contributed by atoms with Crippen molar-refractivity contribution in [3.8, 4) is 5.75 Å². The minimum Gasteiger partial charge on any atom is -0.497 e. The van der Waals surface area contributed by atoms with Crippen molar-refractivity contribution >= 4 is 46.1 Å². The number of ether oxygens (including phenoxy) is 2. The van der Waals surface area contributed by atoms with Gasteiger partial charge in [0.05, 0.1) is 38.0 Å². The van der Waals surface area contributed by atoms with E-state index in [2.05, 4.69) is 10.3 Å². The number of fused-ring (bicyclic) bond motifs is 1. The SMILES string of the molecule is COC(=O)C1=C(C)N=C2SC=C(CC(=O)Nc3cccc(OC)c3)N2C1c1cccc(Cl)c1. The Morgan fingerprint density at radius 1 is 1.18 bits per heavy atom. The highest BCUT2D eigenvalue weighted by atomic mass is 35.5. The molecule has 7 nitrogen and oxygen atoms in total. The van der Waals surface area contributed by atoms with E-state index in [1.165, 1.54) is 18.9 Å². The van der Waals surface area contributed by atoms with Crippen LogP contribution in [-0.2, 0) is 14.3 Å². The molecular weight excluding hydrogens is 462 g/mol. The van der Waals surface area contributed by atoms with Crippen LogP contribution in [0.5, 0.6) is 5.75 Å². The lowest BCUT2D eigenvalue weighted by Crippen LogP contribution is -2.37. The second-order valence-electron chi connectivity index (χ2n) is 7.40. The molecule has 2 aliphatic heterocycles. The first-order valence-corrected chi connectivity index (χ1v) is 11.4. The van der Waals surface area contributed by atoms with Crippen LogP contribution >= 0.6 is 23.4 Å². The molecule has 0 fully saturated rings. The number of rotatable bonds is 6. The van der Waals surface area contributed by atoms with Gasteiger partial charge in [-0.25, -0.2) is 9.79 Å². The van der Waals surface area contributed by atoms with E-state index >= 15 is 0 Å². The molecule has 2 aromatic rings. The zero-order valence-electron chi connectivity index (χ0n) is 18.3. The predicted octanol–water partition coefficient (Wildman–Crippen LogP) is 5.13.